The highest BCUT2D eigenvalue weighted by molar-refractivity contribution is 5.93. The van der Waals surface area contributed by atoms with Crippen LogP contribution < -0.4 is 10.6 Å². The average Bonchev–Trinajstić information content (AvgIpc) is 3.28. The Morgan fingerprint density at radius 1 is 1.15 bits per heavy atom. The average molecular weight is 468 g/mol. The van der Waals surface area contributed by atoms with Gasteiger partial charge in [-0.3, -0.25) is 4.79 Å². The fourth-order valence-electron chi connectivity index (χ4n) is 4.09. The molecule has 7 nitrogen and oxygen atoms in total. The van der Waals surface area contributed by atoms with Crippen molar-refractivity contribution in [3.8, 4) is 11.5 Å². The van der Waals surface area contributed by atoms with Crippen LogP contribution >= 0.6 is 0 Å². The molecule has 182 valence electrons. The lowest BCUT2D eigenvalue weighted by Crippen LogP contribution is -2.25. The molecule has 33 heavy (non-hydrogen) atoms. The van der Waals surface area contributed by atoms with E-state index >= 15 is 0 Å². The van der Waals surface area contributed by atoms with E-state index in [4.69, 9.17) is 4.42 Å². The van der Waals surface area contributed by atoms with E-state index in [1.807, 2.05) is 0 Å². The fourth-order valence-corrected chi connectivity index (χ4v) is 4.09. The van der Waals surface area contributed by atoms with Crippen LogP contribution in [0.5, 0.6) is 0 Å². The molecule has 0 aliphatic heterocycles. The Bertz CT molecular complexity index is 906. The van der Waals surface area contributed by atoms with Crippen LogP contribution in [0.15, 0.2) is 22.6 Å². The maximum Gasteiger partial charge on any atom is 0.417 e. The molecule has 1 aromatic carbocycles. The van der Waals surface area contributed by atoms with Crippen LogP contribution in [0, 0.1) is 5.92 Å². The van der Waals surface area contributed by atoms with Crippen molar-refractivity contribution in [2.75, 3.05) is 36.8 Å². The van der Waals surface area contributed by atoms with Gasteiger partial charge in [0.1, 0.15) is 0 Å². The maximum absolute atomic E-state index is 13.8. The molecule has 0 radical (unpaired) electrons. The van der Waals surface area contributed by atoms with Crippen LogP contribution in [0.1, 0.15) is 57.9 Å². The number of hydrogen-bond donors (Lipinski definition) is 2. The molecule has 1 aromatic heterocycles. The van der Waals surface area contributed by atoms with Crippen molar-refractivity contribution >= 4 is 17.6 Å². The minimum atomic E-state index is -4.65. The Morgan fingerprint density at radius 2 is 1.88 bits per heavy atom. The summed E-state index contributed by atoms with van der Waals surface area (Å²) in [5.74, 6) is -0.609. The molecule has 2 aromatic rings. The molecule has 0 atom stereocenters. The van der Waals surface area contributed by atoms with Crippen LogP contribution in [-0.2, 0) is 11.0 Å². The van der Waals surface area contributed by atoms with Gasteiger partial charge in [0.05, 0.1) is 11.1 Å². The molecule has 0 saturated heterocycles. The number of rotatable bonds is 10. The van der Waals surface area contributed by atoms with E-state index in [1.54, 1.807) is 0 Å². The molecular formula is C23H32F3N5O2. The lowest BCUT2D eigenvalue weighted by atomic mass is 9.88. The first-order valence-corrected chi connectivity index (χ1v) is 11.6. The molecule has 10 heteroatoms. The lowest BCUT2D eigenvalue weighted by molar-refractivity contribution is -0.137. The number of aromatic nitrogens is 2. The summed E-state index contributed by atoms with van der Waals surface area (Å²) in [7, 11) is 0. The topological polar surface area (TPSA) is 83.3 Å². The van der Waals surface area contributed by atoms with Gasteiger partial charge in [-0.05, 0) is 57.1 Å². The van der Waals surface area contributed by atoms with Crippen LogP contribution in [0.3, 0.4) is 0 Å². The van der Waals surface area contributed by atoms with Crippen molar-refractivity contribution in [3.05, 3.63) is 23.8 Å². The van der Waals surface area contributed by atoms with Gasteiger partial charge in [0.15, 0.2) is 0 Å². The van der Waals surface area contributed by atoms with Crippen molar-refractivity contribution in [3.63, 3.8) is 0 Å². The minimum Gasteiger partial charge on any atom is -0.403 e. The maximum atomic E-state index is 13.8. The van der Waals surface area contributed by atoms with Crippen molar-refractivity contribution in [1.29, 1.82) is 0 Å². The second kappa shape index (κ2) is 11.5. The largest absolute Gasteiger partial charge is 0.417 e. The summed E-state index contributed by atoms with van der Waals surface area (Å²) in [4.78, 5) is 14.7. The Labute approximate surface area is 192 Å². The number of halogens is 3. The molecule has 1 fully saturated rings. The summed E-state index contributed by atoms with van der Waals surface area (Å²) in [5.41, 5.74) is -1.04. The first kappa shape index (κ1) is 25.0. The SMILES string of the molecule is CCN(CC)CCCNc1nnc(-c2ccc(NC(=O)C3CCCCC3)cc2C(F)(F)F)o1. The van der Waals surface area contributed by atoms with Crippen LogP contribution in [0.4, 0.5) is 24.9 Å². The van der Waals surface area contributed by atoms with Crippen molar-refractivity contribution in [2.45, 2.75) is 58.5 Å². The minimum absolute atomic E-state index is 0.0762. The molecule has 1 amide bonds. The normalized spacial score (nSPS) is 15.1. The van der Waals surface area contributed by atoms with Gasteiger partial charge in [-0.2, -0.15) is 13.2 Å². The van der Waals surface area contributed by atoms with E-state index in [2.05, 4.69) is 39.6 Å². The van der Waals surface area contributed by atoms with Gasteiger partial charge in [0.2, 0.25) is 11.8 Å². The predicted molar refractivity (Wildman–Crippen MR) is 121 cm³/mol. The van der Waals surface area contributed by atoms with Gasteiger partial charge in [0, 0.05) is 18.2 Å². The van der Waals surface area contributed by atoms with Gasteiger partial charge in [-0.25, -0.2) is 0 Å². The lowest BCUT2D eigenvalue weighted by Gasteiger charge is -2.21. The van der Waals surface area contributed by atoms with Gasteiger partial charge in [0.25, 0.3) is 0 Å². The van der Waals surface area contributed by atoms with Gasteiger partial charge in [-0.15, -0.1) is 5.10 Å². The monoisotopic (exact) mass is 467 g/mol. The Morgan fingerprint density at radius 3 is 2.55 bits per heavy atom. The van der Waals surface area contributed by atoms with Crippen LogP contribution in [-0.4, -0.2) is 47.2 Å². The molecule has 0 unspecified atom stereocenters. The first-order chi connectivity index (χ1) is 15.8. The summed E-state index contributed by atoms with van der Waals surface area (Å²) < 4.78 is 46.8. The molecule has 3 rings (SSSR count). The number of carbonyl (C=O) groups excluding carboxylic acids is 1. The predicted octanol–water partition coefficient (Wildman–Crippen LogP) is 5.42. The van der Waals surface area contributed by atoms with Gasteiger partial charge >= 0.3 is 12.2 Å². The van der Waals surface area contributed by atoms with Gasteiger partial charge < -0.3 is 20.0 Å². The van der Waals surface area contributed by atoms with E-state index in [1.165, 1.54) is 12.1 Å². The highest BCUT2D eigenvalue weighted by atomic mass is 19.4. The molecule has 1 aliphatic carbocycles. The van der Waals surface area contributed by atoms with E-state index in [0.717, 1.165) is 64.2 Å². The Hall–Kier alpha value is -2.62. The van der Waals surface area contributed by atoms with Crippen molar-refractivity contribution in [2.24, 2.45) is 5.92 Å². The Balaban J connectivity index is 1.69. The smallest absolute Gasteiger partial charge is 0.403 e. The summed E-state index contributed by atoms with van der Waals surface area (Å²) >= 11 is 0. The van der Waals surface area contributed by atoms with E-state index in [-0.39, 0.29) is 35.0 Å². The first-order valence-electron chi connectivity index (χ1n) is 11.6. The number of amides is 1. The summed E-state index contributed by atoms with van der Waals surface area (Å²) in [5, 5.41) is 13.2. The second-order valence-corrected chi connectivity index (χ2v) is 8.30. The van der Waals surface area contributed by atoms with Crippen LogP contribution in [0.25, 0.3) is 11.5 Å². The van der Waals surface area contributed by atoms with E-state index in [9.17, 15) is 18.0 Å². The zero-order valence-corrected chi connectivity index (χ0v) is 19.2. The highest BCUT2D eigenvalue weighted by Gasteiger charge is 2.36. The van der Waals surface area contributed by atoms with Crippen molar-refractivity contribution < 1.29 is 22.4 Å². The van der Waals surface area contributed by atoms with Gasteiger partial charge in [-0.1, -0.05) is 38.2 Å². The number of alkyl halides is 3. The highest BCUT2D eigenvalue weighted by Crippen LogP contribution is 2.38. The molecule has 1 heterocycles. The van der Waals surface area contributed by atoms with E-state index in [0.29, 0.717) is 6.54 Å². The number of nitrogens with one attached hydrogen (secondary N) is 2. The zero-order chi connectivity index (χ0) is 23.8. The molecule has 1 saturated carbocycles. The summed E-state index contributed by atoms with van der Waals surface area (Å²) in [6.45, 7) is 7.55. The molecule has 0 bridgehead atoms. The number of nitrogens with zero attached hydrogens (tertiary/aromatic N) is 3. The van der Waals surface area contributed by atoms with Crippen molar-refractivity contribution in [1.82, 2.24) is 15.1 Å². The van der Waals surface area contributed by atoms with Crippen LogP contribution in [0.2, 0.25) is 0 Å². The number of anilines is 2. The van der Waals surface area contributed by atoms with E-state index < -0.39 is 11.7 Å². The third-order valence-electron chi connectivity index (χ3n) is 6.05. The standard InChI is InChI=1S/C23H32F3N5O2/c1-3-31(4-2)14-8-13-27-22-30-29-21(33-22)18-12-11-17(15-19(18)23(24,25)26)28-20(32)16-9-6-5-7-10-16/h11-12,15-16H,3-10,13-14H2,1-2H3,(H,27,30)(H,28,32). The third kappa shape index (κ3) is 6.93. The molecule has 2 N–H and O–H groups in total. The Kier molecular flexibility index (Phi) is 8.71. The fraction of sp³-hybridized carbons (Fsp3) is 0.609. The number of benzene rings is 1. The molecule has 0 spiro atoms. The third-order valence-corrected chi connectivity index (χ3v) is 6.05. The quantitative estimate of drug-likeness (QED) is 0.454. The second-order valence-electron chi connectivity index (χ2n) is 8.30. The number of carbonyl (C=O) groups is 1. The summed E-state index contributed by atoms with van der Waals surface area (Å²) in [6, 6.07) is 3.70. The molecular weight excluding hydrogens is 435 g/mol. The molecule has 1 aliphatic rings. The number of hydrogen-bond acceptors (Lipinski definition) is 6. The zero-order valence-electron chi connectivity index (χ0n) is 19.2. The summed E-state index contributed by atoms with van der Waals surface area (Å²) in [6.07, 6.45) is 0.746.